The van der Waals surface area contributed by atoms with Crippen LogP contribution in [0, 0.1) is 34.5 Å². The summed E-state index contributed by atoms with van der Waals surface area (Å²) in [5, 5.41) is 8.76. The lowest BCUT2D eigenvalue weighted by Crippen LogP contribution is -2.62. The third kappa shape index (κ3) is 7.51. The van der Waals surface area contributed by atoms with Crippen LogP contribution in [0.2, 0.25) is 0 Å². The van der Waals surface area contributed by atoms with E-state index in [0.29, 0.717) is 13.0 Å². The van der Waals surface area contributed by atoms with Gasteiger partial charge in [0.1, 0.15) is 18.2 Å². The lowest BCUT2D eigenvalue weighted by Gasteiger charge is -2.38. The highest BCUT2D eigenvalue weighted by Gasteiger charge is 2.70. The molecule has 0 radical (unpaired) electrons. The molecule has 1 aromatic rings. The number of nitrogens with zero attached hydrogens (tertiary/aromatic N) is 1. The number of rotatable bonds is 13. The molecule has 248 valence electrons. The molecule has 1 saturated heterocycles. The van der Waals surface area contributed by atoms with Crippen molar-refractivity contribution in [3.05, 3.63) is 35.9 Å². The van der Waals surface area contributed by atoms with Gasteiger partial charge in [0.15, 0.2) is 0 Å². The Morgan fingerprint density at radius 2 is 1.64 bits per heavy atom. The van der Waals surface area contributed by atoms with E-state index in [4.69, 9.17) is 10.5 Å². The maximum absolute atomic E-state index is 14.3. The number of nitrogens with one attached hydrogen (secondary N) is 3. The van der Waals surface area contributed by atoms with Crippen molar-refractivity contribution in [2.24, 2.45) is 40.2 Å². The highest BCUT2D eigenvalue weighted by atomic mass is 16.5. The summed E-state index contributed by atoms with van der Waals surface area (Å²) >= 11 is 0. The number of amides is 5. The highest BCUT2D eigenvalue weighted by molar-refractivity contribution is 6.37. The molecule has 0 aromatic heterocycles. The number of ketones is 1. The van der Waals surface area contributed by atoms with Crippen LogP contribution in [0.4, 0.5) is 4.79 Å². The molecule has 1 heterocycles. The summed E-state index contributed by atoms with van der Waals surface area (Å²) in [6, 6.07) is 5.93. The number of ether oxygens (including phenoxy) is 1. The smallest absolute Gasteiger partial charge is 0.315 e. The molecule has 4 rings (SSSR count). The monoisotopic (exact) mass is 625 g/mol. The van der Waals surface area contributed by atoms with Gasteiger partial charge in [-0.15, -0.1) is 0 Å². The predicted molar refractivity (Wildman–Crippen MR) is 169 cm³/mol. The largest absolute Gasteiger partial charge is 0.375 e. The summed E-state index contributed by atoms with van der Waals surface area (Å²) in [5.41, 5.74) is 5.36. The molecule has 11 nitrogen and oxygen atoms in total. The molecule has 1 unspecified atom stereocenters. The number of hydrogen-bond donors (Lipinski definition) is 4. The Hall–Kier alpha value is -3.47. The number of benzene rings is 1. The fourth-order valence-corrected chi connectivity index (χ4v) is 7.02. The Kier molecular flexibility index (Phi) is 10.0. The van der Waals surface area contributed by atoms with Crippen LogP contribution in [0.3, 0.4) is 0 Å². The number of nitrogens with two attached hydrogens (primary N) is 1. The summed E-state index contributed by atoms with van der Waals surface area (Å²) in [6.07, 6.45) is 1.80. The SMILES string of the molecule is CO[C@H](c1ccccc1)[C@@H](NC(=O)N[C@H](C(=O)N1C[C@H]2[C@@H]([C@H]1C(=O)NC(CC1CC1)C(=O)C(N)=O)C2(C)C)C(C)(C)C)C(C)C. The molecule has 5 N–H and O–H groups in total. The highest BCUT2D eigenvalue weighted by Crippen LogP contribution is 2.65. The quantitative estimate of drug-likeness (QED) is 0.247. The number of Topliss-reactive ketones (excluding diaryl/α,β-unsaturated/α-hetero) is 1. The number of primary amides is 1. The molecule has 1 aromatic carbocycles. The van der Waals surface area contributed by atoms with Crippen molar-refractivity contribution in [3.63, 3.8) is 0 Å². The molecule has 1 aliphatic heterocycles. The molecular weight excluding hydrogens is 574 g/mol. The van der Waals surface area contributed by atoms with Crippen molar-refractivity contribution in [1.82, 2.24) is 20.9 Å². The molecule has 45 heavy (non-hydrogen) atoms. The van der Waals surface area contributed by atoms with Crippen LogP contribution in [0.1, 0.15) is 79.4 Å². The van der Waals surface area contributed by atoms with Gasteiger partial charge in [-0.25, -0.2) is 4.79 Å². The Labute approximate surface area is 266 Å². The molecule has 11 heteroatoms. The first kappa shape index (κ1) is 34.4. The van der Waals surface area contributed by atoms with Crippen LogP contribution in [0.25, 0.3) is 0 Å². The van der Waals surface area contributed by atoms with Gasteiger partial charge in [-0.05, 0) is 46.5 Å². The number of methoxy groups -OCH3 is 1. The van der Waals surface area contributed by atoms with Crippen molar-refractivity contribution in [1.29, 1.82) is 0 Å². The number of piperidine rings is 1. The number of urea groups is 1. The number of fused-ring (bicyclic) bond motifs is 1. The average Bonchev–Trinajstić information content (AvgIpc) is 3.82. The Bertz CT molecular complexity index is 1290. The third-order valence-corrected chi connectivity index (χ3v) is 10.0. The number of carbonyl (C=O) groups excluding carboxylic acids is 5. The number of carbonyl (C=O) groups is 5. The van der Waals surface area contributed by atoms with Gasteiger partial charge in [0.05, 0.1) is 12.1 Å². The lowest BCUT2D eigenvalue weighted by molar-refractivity contribution is -0.145. The summed E-state index contributed by atoms with van der Waals surface area (Å²) in [4.78, 5) is 67.7. The predicted octanol–water partition coefficient (Wildman–Crippen LogP) is 2.93. The van der Waals surface area contributed by atoms with Crippen LogP contribution in [-0.4, -0.2) is 72.3 Å². The average molecular weight is 626 g/mol. The second-order valence-corrected chi connectivity index (χ2v) is 15.1. The molecule has 2 aliphatic carbocycles. The normalized spacial score (nSPS) is 24.6. The van der Waals surface area contributed by atoms with Crippen LogP contribution in [0.5, 0.6) is 0 Å². The van der Waals surface area contributed by atoms with Gasteiger partial charge in [-0.3, -0.25) is 19.2 Å². The summed E-state index contributed by atoms with van der Waals surface area (Å²) in [6.45, 7) is 14.1. The number of hydrogen-bond acceptors (Lipinski definition) is 6. The lowest BCUT2D eigenvalue weighted by atomic mass is 9.85. The Morgan fingerprint density at radius 3 is 2.16 bits per heavy atom. The van der Waals surface area contributed by atoms with Crippen molar-refractivity contribution in [2.75, 3.05) is 13.7 Å². The summed E-state index contributed by atoms with van der Waals surface area (Å²) in [5.74, 6) is -2.50. The first-order valence-electron chi connectivity index (χ1n) is 16.1. The van der Waals surface area contributed by atoms with Gasteiger partial charge in [0.25, 0.3) is 5.91 Å². The maximum atomic E-state index is 14.3. The molecule has 2 saturated carbocycles. The minimum atomic E-state index is -1.09. The second-order valence-electron chi connectivity index (χ2n) is 15.1. The molecule has 0 spiro atoms. The molecule has 3 aliphatic rings. The van der Waals surface area contributed by atoms with Gasteiger partial charge >= 0.3 is 6.03 Å². The van der Waals surface area contributed by atoms with Crippen molar-refractivity contribution < 1.29 is 28.7 Å². The molecule has 5 amide bonds. The fourth-order valence-electron chi connectivity index (χ4n) is 7.02. The molecule has 7 atom stereocenters. The Morgan fingerprint density at radius 1 is 1.02 bits per heavy atom. The minimum absolute atomic E-state index is 0.0115. The second kappa shape index (κ2) is 13.1. The van der Waals surface area contributed by atoms with Crippen LogP contribution in [0.15, 0.2) is 30.3 Å². The van der Waals surface area contributed by atoms with E-state index >= 15 is 0 Å². The molecular formula is C34H51N5O6. The maximum Gasteiger partial charge on any atom is 0.315 e. The van der Waals surface area contributed by atoms with Gasteiger partial charge in [0, 0.05) is 13.7 Å². The van der Waals surface area contributed by atoms with E-state index in [-0.39, 0.29) is 35.0 Å². The summed E-state index contributed by atoms with van der Waals surface area (Å²) < 4.78 is 5.81. The van der Waals surface area contributed by atoms with Gasteiger partial charge in [-0.1, -0.05) is 91.6 Å². The zero-order valence-corrected chi connectivity index (χ0v) is 27.9. The standard InChI is InChI=1S/C34H51N5O6/c1-18(2)24(27(45-8)20-12-10-9-11-13-20)37-32(44)38-28(33(3,4)5)31(43)39-17-21-23(34(21,6)7)25(39)30(42)36-22(16-19-14-15-19)26(40)29(35)41/h9-13,18-19,21-25,27-28H,14-17H2,1-8H3,(H2,35,41)(H,36,42)(H2,37,38,44)/t21-,22?,23-,24-,25-,27+,28+/m0/s1. The number of likely N-dealkylation sites (tertiary alicyclic amines) is 1. The van der Waals surface area contributed by atoms with E-state index in [1.54, 1.807) is 12.0 Å². The zero-order valence-electron chi connectivity index (χ0n) is 27.9. The van der Waals surface area contributed by atoms with E-state index in [0.717, 1.165) is 18.4 Å². The Balaban J connectivity index is 1.54. The van der Waals surface area contributed by atoms with Gasteiger partial charge in [-0.2, -0.15) is 0 Å². The third-order valence-electron chi connectivity index (χ3n) is 10.0. The van der Waals surface area contributed by atoms with E-state index in [1.807, 2.05) is 65.0 Å². The van der Waals surface area contributed by atoms with E-state index in [2.05, 4.69) is 29.8 Å². The van der Waals surface area contributed by atoms with Gasteiger partial charge in [0.2, 0.25) is 17.6 Å². The molecule has 0 bridgehead atoms. The van der Waals surface area contributed by atoms with Gasteiger partial charge < -0.3 is 31.3 Å². The first-order chi connectivity index (χ1) is 21.0. The zero-order chi connectivity index (χ0) is 33.4. The van der Waals surface area contributed by atoms with Crippen molar-refractivity contribution in [3.8, 4) is 0 Å². The first-order valence-corrected chi connectivity index (χ1v) is 16.1. The van der Waals surface area contributed by atoms with Crippen LogP contribution in [-0.2, 0) is 23.9 Å². The minimum Gasteiger partial charge on any atom is -0.375 e. The van der Waals surface area contributed by atoms with Crippen LogP contribution < -0.4 is 21.7 Å². The van der Waals surface area contributed by atoms with E-state index < -0.39 is 59.3 Å². The molecule has 3 fully saturated rings. The fraction of sp³-hybridized carbons (Fsp3) is 0.676. The topological polar surface area (TPSA) is 160 Å². The van der Waals surface area contributed by atoms with Crippen LogP contribution >= 0.6 is 0 Å². The van der Waals surface area contributed by atoms with Crippen molar-refractivity contribution >= 4 is 29.5 Å². The summed E-state index contributed by atoms with van der Waals surface area (Å²) in [7, 11) is 1.60. The van der Waals surface area contributed by atoms with E-state index in [9.17, 15) is 24.0 Å². The van der Waals surface area contributed by atoms with Crippen molar-refractivity contribution in [2.45, 2.75) is 98.0 Å². The van der Waals surface area contributed by atoms with E-state index in [1.165, 1.54) is 0 Å².